The van der Waals surface area contributed by atoms with E-state index in [9.17, 15) is 13.2 Å². The summed E-state index contributed by atoms with van der Waals surface area (Å²) in [5.74, 6) is -0.0217. The van der Waals surface area contributed by atoms with Crippen molar-refractivity contribution in [3.63, 3.8) is 0 Å². The molecule has 0 aromatic heterocycles. The molecule has 2 atom stereocenters. The number of rotatable bonds is 6. The van der Waals surface area contributed by atoms with Gasteiger partial charge in [-0.2, -0.15) is 0 Å². The zero-order valence-corrected chi connectivity index (χ0v) is 12.2. The molecule has 2 unspecified atom stereocenters. The smallest absolute Gasteiger partial charge is 0.322 e. The second-order valence-corrected chi connectivity index (χ2v) is 7.45. The zero-order valence-electron chi connectivity index (χ0n) is 11.4. The second-order valence-electron chi connectivity index (χ2n) is 5.27. The zero-order chi connectivity index (χ0) is 13.8. The number of hydrogen-bond donors (Lipinski definition) is 1. The lowest BCUT2D eigenvalue weighted by Crippen LogP contribution is -2.52. The first-order valence-electron chi connectivity index (χ1n) is 6.38. The van der Waals surface area contributed by atoms with Crippen LogP contribution in [0.3, 0.4) is 0 Å². The van der Waals surface area contributed by atoms with Crippen LogP contribution in [0, 0.1) is 0 Å². The van der Waals surface area contributed by atoms with Crippen LogP contribution >= 0.6 is 0 Å². The van der Waals surface area contributed by atoms with Crippen LogP contribution in [0.5, 0.6) is 0 Å². The van der Waals surface area contributed by atoms with Gasteiger partial charge in [-0.1, -0.05) is 19.8 Å². The quantitative estimate of drug-likeness (QED) is 0.730. The Morgan fingerprint density at radius 3 is 2.61 bits per heavy atom. The van der Waals surface area contributed by atoms with Gasteiger partial charge in [-0.25, -0.2) is 8.42 Å². The summed E-state index contributed by atoms with van der Waals surface area (Å²) < 4.78 is 27.8. The van der Waals surface area contributed by atoms with Crippen LogP contribution < -0.4 is 5.32 Å². The third-order valence-corrected chi connectivity index (χ3v) is 5.26. The third-order valence-electron chi connectivity index (χ3n) is 3.36. The Morgan fingerprint density at radius 2 is 2.17 bits per heavy atom. The minimum absolute atomic E-state index is 0.0968. The fourth-order valence-corrected chi connectivity index (χ4v) is 4.45. The molecule has 18 heavy (non-hydrogen) atoms. The van der Waals surface area contributed by atoms with Crippen molar-refractivity contribution in [2.45, 2.75) is 51.1 Å². The van der Waals surface area contributed by atoms with Crippen LogP contribution in [0.2, 0.25) is 0 Å². The van der Waals surface area contributed by atoms with E-state index < -0.39 is 21.4 Å². The van der Waals surface area contributed by atoms with Gasteiger partial charge in [0.15, 0.2) is 9.84 Å². The molecule has 1 aliphatic rings. The monoisotopic (exact) mass is 277 g/mol. The molecular formula is C12H23NO4S. The maximum Gasteiger partial charge on any atom is 0.322 e. The number of methoxy groups -OCH3 is 1. The number of nitrogens with one attached hydrogen (secondary N) is 1. The Kier molecular flexibility index (Phi) is 5.16. The predicted molar refractivity (Wildman–Crippen MR) is 70.1 cm³/mol. The highest BCUT2D eigenvalue weighted by molar-refractivity contribution is 7.91. The standard InChI is InChI=1S/C12H23NO4S/c1-4-5-6-10(11(14)17-3)13-12(2)7-8-18(15,16)9-12/h10,13H,4-9H2,1-3H3. The first kappa shape index (κ1) is 15.4. The molecule has 0 radical (unpaired) electrons. The molecule has 1 saturated heterocycles. The summed E-state index contributed by atoms with van der Waals surface area (Å²) in [5.41, 5.74) is -0.509. The van der Waals surface area contributed by atoms with E-state index in [4.69, 9.17) is 4.74 Å². The van der Waals surface area contributed by atoms with E-state index in [0.717, 1.165) is 12.8 Å². The van der Waals surface area contributed by atoms with Gasteiger partial charge >= 0.3 is 5.97 Å². The number of unbranched alkanes of at least 4 members (excludes halogenated alkanes) is 1. The highest BCUT2D eigenvalue weighted by Crippen LogP contribution is 2.24. The first-order valence-corrected chi connectivity index (χ1v) is 8.20. The molecule has 106 valence electrons. The molecule has 1 fully saturated rings. The van der Waals surface area contributed by atoms with Gasteiger partial charge in [0.2, 0.25) is 0 Å². The summed E-state index contributed by atoms with van der Waals surface area (Å²) in [6.07, 6.45) is 3.13. The molecule has 6 heteroatoms. The van der Waals surface area contributed by atoms with E-state index in [1.807, 2.05) is 6.92 Å². The van der Waals surface area contributed by atoms with Crippen molar-refractivity contribution in [1.29, 1.82) is 0 Å². The fourth-order valence-electron chi connectivity index (χ4n) is 2.34. The number of hydrogen-bond acceptors (Lipinski definition) is 5. The maximum absolute atomic E-state index is 11.7. The number of ether oxygens (including phenoxy) is 1. The minimum atomic E-state index is -2.97. The van der Waals surface area contributed by atoms with Crippen molar-refractivity contribution in [3.8, 4) is 0 Å². The second kappa shape index (κ2) is 6.02. The highest BCUT2D eigenvalue weighted by Gasteiger charge is 2.40. The van der Waals surface area contributed by atoms with Gasteiger partial charge in [0.1, 0.15) is 6.04 Å². The molecule has 0 spiro atoms. The van der Waals surface area contributed by atoms with Gasteiger partial charge in [0.25, 0.3) is 0 Å². The summed E-state index contributed by atoms with van der Waals surface area (Å²) >= 11 is 0. The van der Waals surface area contributed by atoms with E-state index in [-0.39, 0.29) is 17.5 Å². The SMILES string of the molecule is CCCCC(NC1(C)CCS(=O)(=O)C1)C(=O)OC. The van der Waals surface area contributed by atoms with Gasteiger partial charge < -0.3 is 4.74 Å². The summed E-state index contributed by atoms with van der Waals surface area (Å²) in [6.45, 7) is 3.91. The van der Waals surface area contributed by atoms with Crippen LogP contribution in [-0.2, 0) is 19.4 Å². The van der Waals surface area contributed by atoms with Crippen molar-refractivity contribution in [1.82, 2.24) is 5.32 Å². The number of sulfone groups is 1. The Labute approximate surface area is 109 Å². The Hall–Kier alpha value is -0.620. The Morgan fingerprint density at radius 1 is 1.50 bits per heavy atom. The van der Waals surface area contributed by atoms with Crippen molar-refractivity contribution < 1.29 is 17.9 Å². The van der Waals surface area contributed by atoms with Crippen molar-refractivity contribution in [2.24, 2.45) is 0 Å². The highest BCUT2D eigenvalue weighted by atomic mass is 32.2. The van der Waals surface area contributed by atoms with E-state index in [1.54, 1.807) is 0 Å². The van der Waals surface area contributed by atoms with Crippen LogP contribution in [0.4, 0.5) is 0 Å². The summed E-state index contributed by atoms with van der Waals surface area (Å²) in [5, 5.41) is 3.18. The summed E-state index contributed by atoms with van der Waals surface area (Å²) in [4.78, 5) is 11.7. The topological polar surface area (TPSA) is 72.5 Å². The molecular weight excluding hydrogens is 254 g/mol. The molecule has 0 aliphatic carbocycles. The lowest BCUT2D eigenvalue weighted by atomic mass is 9.98. The van der Waals surface area contributed by atoms with E-state index in [1.165, 1.54) is 7.11 Å². The maximum atomic E-state index is 11.7. The third kappa shape index (κ3) is 4.24. The molecule has 1 heterocycles. The van der Waals surface area contributed by atoms with Crippen molar-refractivity contribution in [2.75, 3.05) is 18.6 Å². The molecule has 1 rings (SSSR count). The molecule has 0 saturated carbocycles. The Balaban J connectivity index is 2.68. The van der Waals surface area contributed by atoms with E-state index in [0.29, 0.717) is 12.8 Å². The van der Waals surface area contributed by atoms with Gasteiger partial charge in [-0.15, -0.1) is 0 Å². The molecule has 5 nitrogen and oxygen atoms in total. The molecule has 0 bridgehead atoms. The first-order chi connectivity index (χ1) is 8.32. The van der Waals surface area contributed by atoms with Crippen LogP contribution in [0.15, 0.2) is 0 Å². The molecule has 1 aliphatic heterocycles. The Bertz CT molecular complexity index is 393. The van der Waals surface area contributed by atoms with Crippen LogP contribution in [0.1, 0.15) is 39.5 Å². The minimum Gasteiger partial charge on any atom is -0.468 e. The largest absolute Gasteiger partial charge is 0.468 e. The van der Waals surface area contributed by atoms with E-state index in [2.05, 4.69) is 12.2 Å². The van der Waals surface area contributed by atoms with Gasteiger partial charge in [-0.05, 0) is 19.8 Å². The molecule has 0 aromatic rings. The van der Waals surface area contributed by atoms with Gasteiger partial charge in [0, 0.05) is 5.54 Å². The normalized spacial score (nSPS) is 27.9. The summed E-state index contributed by atoms with van der Waals surface area (Å²) in [7, 11) is -1.61. The average Bonchev–Trinajstić information content (AvgIpc) is 2.58. The van der Waals surface area contributed by atoms with Crippen LogP contribution in [0.25, 0.3) is 0 Å². The van der Waals surface area contributed by atoms with E-state index >= 15 is 0 Å². The van der Waals surface area contributed by atoms with Gasteiger partial charge in [0.05, 0.1) is 18.6 Å². The number of carbonyl (C=O) groups is 1. The lowest BCUT2D eigenvalue weighted by Gasteiger charge is -2.29. The fraction of sp³-hybridized carbons (Fsp3) is 0.917. The van der Waals surface area contributed by atoms with Gasteiger partial charge in [-0.3, -0.25) is 10.1 Å². The number of carbonyl (C=O) groups excluding carboxylic acids is 1. The molecule has 1 N–H and O–H groups in total. The molecule has 0 aromatic carbocycles. The van der Waals surface area contributed by atoms with Crippen molar-refractivity contribution >= 4 is 15.8 Å². The average molecular weight is 277 g/mol. The predicted octanol–water partition coefficient (Wildman–Crippen LogP) is 0.885. The molecule has 0 amide bonds. The van der Waals surface area contributed by atoms with Crippen LogP contribution in [-0.4, -0.2) is 44.6 Å². The number of esters is 1. The summed E-state index contributed by atoms with van der Waals surface area (Å²) in [6, 6.07) is -0.409. The van der Waals surface area contributed by atoms with Crippen molar-refractivity contribution in [3.05, 3.63) is 0 Å². The lowest BCUT2D eigenvalue weighted by molar-refractivity contribution is -0.143.